The van der Waals surface area contributed by atoms with E-state index in [-0.39, 0.29) is 22.9 Å². The first-order chi connectivity index (χ1) is 7.70. The van der Waals surface area contributed by atoms with Crippen LogP contribution >= 0.6 is 0 Å². The molecular weight excluding hydrogens is 242 g/mol. The summed E-state index contributed by atoms with van der Waals surface area (Å²) in [7, 11) is 0.137. The highest BCUT2D eigenvalue weighted by atomic mass is 32.2. The number of ether oxygens (including phenoxy) is 1. The van der Waals surface area contributed by atoms with Gasteiger partial charge in [0.15, 0.2) is 9.84 Å². The Morgan fingerprint density at radius 3 is 2.24 bits per heavy atom. The zero-order chi connectivity index (χ0) is 13.6. The molecule has 1 unspecified atom stereocenters. The second-order valence-electron chi connectivity index (χ2n) is 4.60. The first-order valence-electron chi connectivity index (χ1n) is 5.68. The second-order valence-corrected chi connectivity index (χ2v) is 7.28. The maximum absolute atomic E-state index is 11.6. The van der Waals surface area contributed by atoms with E-state index >= 15 is 0 Å². The van der Waals surface area contributed by atoms with Crippen LogP contribution in [0.1, 0.15) is 20.8 Å². The van der Waals surface area contributed by atoms with Crippen molar-refractivity contribution in [3.05, 3.63) is 0 Å². The Bertz CT molecular complexity index is 337. The molecule has 6 heteroatoms. The number of carbonyl (C=O) groups is 1. The molecule has 0 aromatic rings. The van der Waals surface area contributed by atoms with Gasteiger partial charge in [0.05, 0.1) is 24.0 Å². The maximum atomic E-state index is 11.6. The minimum Gasteiger partial charge on any atom is -0.469 e. The molecule has 0 fully saturated rings. The lowest BCUT2D eigenvalue weighted by atomic mass is 10.2. The molecule has 102 valence electrons. The number of hydrogen-bond acceptors (Lipinski definition) is 5. The van der Waals surface area contributed by atoms with Gasteiger partial charge in [0.1, 0.15) is 0 Å². The summed E-state index contributed by atoms with van der Waals surface area (Å²) >= 11 is 0. The predicted octanol–water partition coefficient (Wildman–Crippen LogP) is 0.551. The molecule has 0 aliphatic carbocycles. The topological polar surface area (TPSA) is 63.7 Å². The van der Waals surface area contributed by atoms with Gasteiger partial charge in [0.25, 0.3) is 0 Å². The molecule has 0 aliphatic rings. The van der Waals surface area contributed by atoms with Crippen molar-refractivity contribution in [2.24, 2.45) is 5.92 Å². The van der Waals surface area contributed by atoms with Gasteiger partial charge in [-0.15, -0.1) is 0 Å². The van der Waals surface area contributed by atoms with Gasteiger partial charge in [0, 0.05) is 13.1 Å². The summed E-state index contributed by atoms with van der Waals surface area (Å²) in [6.07, 6.45) is 0. The summed E-state index contributed by atoms with van der Waals surface area (Å²) < 4.78 is 27.8. The standard InChI is InChI=1S/C11H23NO4S/c1-9(2)17(14,15)7-6-12(4)8-10(3)11(13)16-5/h9-10H,6-8H2,1-5H3. The smallest absolute Gasteiger partial charge is 0.309 e. The van der Waals surface area contributed by atoms with Crippen LogP contribution in [0.4, 0.5) is 0 Å². The van der Waals surface area contributed by atoms with E-state index in [0.29, 0.717) is 13.1 Å². The molecule has 0 aromatic heterocycles. The van der Waals surface area contributed by atoms with Crippen LogP contribution < -0.4 is 0 Å². The lowest BCUT2D eigenvalue weighted by Gasteiger charge is -2.20. The summed E-state index contributed by atoms with van der Waals surface area (Å²) in [5, 5.41) is -0.353. The van der Waals surface area contributed by atoms with Gasteiger partial charge in [-0.3, -0.25) is 4.79 Å². The van der Waals surface area contributed by atoms with E-state index < -0.39 is 9.84 Å². The van der Waals surface area contributed by atoms with Crippen LogP contribution in [0, 0.1) is 5.92 Å². The Labute approximate surface area is 104 Å². The van der Waals surface area contributed by atoms with Crippen molar-refractivity contribution in [2.45, 2.75) is 26.0 Å². The van der Waals surface area contributed by atoms with E-state index in [1.807, 2.05) is 4.90 Å². The highest BCUT2D eigenvalue weighted by Crippen LogP contribution is 2.04. The zero-order valence-corrected chi connectivity index (χ0v) is 12.1. The molecule has 0 amide bonds. The van der Waals surface area contributed by atoms with E-state index in [1.54, 1.807) is 27.8 Å². The SMILES string of the molecule is COC(=O)C(C)CN(C)CCS(=O)(=O)C(C)C. The fourth-order valence-electron chi connectivity index (χ4n) is 1.35. The summed E-state index contributed by atoms with van der Waals surface area (Å²) in [4.78, 5) is 13.0. The zero-order valence-electron chi connectivity index (χ0n) is 11.3. The molecule has 0 radical (unpaired) electrons. The number of esters is 1. The number of sulfone groups is 1. The first kappa shape index (κ1) is 16.4. The quantitative estimate of drug-likeness (QED) is 0.629. The number of carbonyl (C=O) groups excluding carboxylic acids is 1. The van der Waals surface area contributed by atoms with Crippen molar-refractivity contribution in [3.63, 3.8) is 0 Å². The Morgan fingerprint density at radius 2 is 1.82 bits per heavy atom. The average Bonchev–Trinajstić information content (AvgIpc) is 2.25. The van der Waals surface area contributed by atoms with Gasteiger partial charge >= 0.3 is 5.97 Å². The van der Waals surface area contributed by atoms with Gasteiger partial charge in [-0.1, -0.05) is 6.92 Å². The van der Waals surface area contributed by atoms with E-state index in [0.717, 1.165) is 0 Å². The molecule has 5 nitrogen and oxygen atoms in total. The van der Waals surface area contributed by atoms with Crippen LogP contribution in [0.3, 0.4) is 0 Å². The third-order valence-corrected chi connectivity index (χ3v) is 4.85. The summed E-state index contributed by atoms with van der Waals surface area (Å²) in [5.41, 5.74) is 0. The lowest BCUT2D eigenvalue weighted by molar-refractivity contribution is -0.145. The van der Waals surface area contributed by atoms with Crippen molar-refractivity contribution in [1.82, 2.24) is 4.90 Å². The third-order valence-electron chi connectivity index (χ3n) is 2.66. The molecule has 1 atom stereocenters. The normalized spacial score (nSPS) is 14.1. The molecule has 0 aliphatic heterocycles. The van der Waals surface area contributed by atoms with E-state index in [1.165, 1.54) is 7.11 Å². The Morgan fingerprint density at radius 1 is 1.29 bits per heavy atom. The molecule has 0 aromatic carbocycles. The highest BCUT2D eigenvalue weighted by Gasteiger charge is 2.19. The van der Waals surface area contributed by atoms with E-state index in [9.17, 15) is 13.2 Å². The highest BCUT2D eigenvalue weighted by molar-refractivity contribution is 7.92. The van der Waals surface area contributed by atoms with Gasteiger partial charge in [-0.2, -0.15) is 0 Å². The Kier molecular flexibility index (Phi) is 6.70. The number of methoxy groups -OCH3 is 1. The van der Waals surface area contributed by atoms with Crippen LogP contribution in [0.15, 0.2) is 0 Å². The van der Waals surface area contributed by atoms with E-state index in [4.69, 9.17) is 0 Å². The Balaban J connectivity index is 4.12. The van der Waals surface area contributed by atoms with Gasteiger partial charge in [-0.25, -0.2) is 8.42 Å². The van der Waals surface area contributed by atoms with Gasteiger partial charge in [-0.05, 0) is 20.9 Å². The minimum absolute atomic E-state index is 0.120. The van der Waals surface area contributed by atoms with E-state index in [2.05, 4.69) is 4.74 Å². The van der Waals surface area contributed by atoms with Crippen molar-refractivity contribution in [1.29, 1.82) is 0 Å². The first-order valence-corrected chi connectivity index (χ1v) is 7.40. The van der Waals surface area contributed by atoms with Crippen molar-refractivity contribution >= 4 is 15.8 Å². The maximum Gasteiger partial charge on any atom is 0.309 e. The van der Waals surface area contributed by atoms with Crippen LogP contribution in [-0.4, -0.2) is 57.5 Å². The fourth-order valence-corrected chi connectivity index (χ4v) is 2.39. The largest absolute Gasteiger partial charge is 0.469 e. The van der Waals surface area contributed by atoms with Crippen molar-refractivity contribution in [2.75, 3.05) is 33.0 Å². The van der Waals surface area contributed by atoms with Gasteiger partial charge in [0.2, 0.25) is 0 Å². The summed E-state index contributed by atoms with van der Waals surface area (Å²) in [5.74, 6) is -0.398. The number of hydrogen-bond donors (Lipinski definition) is 0. The van der Waals surface area contributed by atoms with Crippen LogP contribution in [0.25, 0.3) is 0 Å². The van der Waals surface area contributed by atoms with Crippen LogP contribution in [0.5, 0.6) is 0 Å². The molecule has 0 rings (SSSR count). The minimum atomic E-state index is -3.01. The molecule has 0 saturated carbocycles. The van der Waals surface area contributed by atoms with Crippen molar-refractivity contribution in [3.8, 4) is 0 Å². The fraction of sp³-hybridized carbons (Fsp3) is 0.909. The van der Waals surface area contributed by atoms with Gasteiger partial charge < -0.3 is 9.64 Å². The molecule has 0 N–H and O–H groups in total. The Hall–Kier alpha value is -0.620. The molecule has 0 saturated heterocycles. The summed E-state index contributed by atoms with van der Waals surface area (Å²) in [6, 6.07) is 0. The average molecular weight is 265 g/mol. The monoisotopic (exact) mass is 265 g/mol. The number of nitrogens with zero attached hydrogens (tertiary/aromatic N) is 1. The van der Waals surface area contributed by atoms with Crippen LogP contribution in [0.2, 0.25) is 0 Å². The molecule has 0 bridgehead atoms. The molecule has 0 heterocycles. The number of rotatable bonds is 7. The molecular formula is C11H23NO4S. The van der Waals surface area contributed by atoms with Crippen LogP contribution in [-0.2, 0) is 19.4 Å². The molecule has 0 spiro atoms. The third kappa shape index (κ3) is 6.02. The summed E-state index contributed by atoms with van der Waals surface area (Å²) in [6.45, 7) is 6.04. The predicted molar refractivity (Wildman–Crippen MR) is 67.6 cm³/mol. The molecule has 17 heavy (non-hydrogen) atoms. The lowest BCUT2D eigenvalue weighted by Crippen LogP contribution is -2.34. The second kappa shape index (κ2) is 6.96. The van der Waals surface area contributed by atoms with Crippen molar-refractivity contribution < 1.29 is 17.9 Å².